The third-order valence-electron chi connectivity index (χ3n) is 4.90. The Bertz CT molecular complexity index is 712. The highest BCUT2D eigenvalue weighted by Gasteiger charge is 2.52. The van der Waals surface area contributed by atoms with E-state index in [1.807, 2.05) is 0 Å². The van der Waals surface area contributed by atoms with Gasteiger partial charge in [0.1, 0.15) is 23.4 Å². The summed E-state index contributed by atoms with van der Waals surface area (Å²) in [5, 5.41) is 0. The van der Waals surface area contributed by atoms with Gasteiger partial charge in [0.2, 0.25) is 5.91 Å². The summed E-state index contributed by atoms with van der Waals surface area (Å²) in [4.78, 5) is 40.7. The molecule has 24 heavy (non-hydrogen) atoms. The van der Waals surface area contributed by atoms with Crippen molar-refractivity contribution in [3.05, 3.63) is 29.8 Å². The molecular weight excluding hydrogens is 320 g/mol. The Morgan fingerprint density at radius 1 is 1.08 bits per heavy atom. The van der Waals surface area contributed by atoms with E-state index in [1.165, 1.54) is 11.0 Å². The molecule has 1 aromatic rings. The van der Waals surface area contributed by atoms with Gasteiger partial charge in [0, 0.05) is 19.5 Å². The number of halogens is 2. The second-order valence-electron chi connectivity index (χ2n) is 6.27. The average molecular weight is 335 g/mol. The summed E-state index contributed by atoms with van der Waals surface area (Å²) in [6.45, 7) is 0.437. The van der Waals surface area contributed by atoms with Crippen LogP contribution in [0, 0.1) is 11.6 Å². The number of carbonyl (C=O) groups is 3. The van der Waals surface area contributed by atoms with Crippen molar-refractivity contribution < 1.29 is 23.2 Å². The lowest BCUT2D eigenvalue weighted by atomic mass is 10.2. The lowest BCUT2D eigenvalue weighted by molar-refractivity contribution is -0.129. The van der Waals surface area contributed by atoms with E-state index in [-0.39, 0.29) is 18.9 Å². The van der Waals surface area contributed by atoms with Gasteiger partial charge in [-0.25, -0.2) is 13.6 Å². The monoisotopic (exact) mass is 335 g/mol. The quantitative estimate of drug-likeness (QED) is 0.770. The normalized spacial score (nSPS) is 26.8. The number of amides is 4. The molecule has 6 nitrogen and oxygen atoms in total. The number of fused-ring (bicyclic) bond motifs is 1. The van der Waals surface area contributed by atoms with Gasteiger partial charge in [0.15, 0.2) is 0 Å². The van der Waals surface area contributed by atoms with Gasteiger partial charge in [0.25, 0.3) is 5.91 Å². The van der Waals surface area contributed by atoms with Crippen LogP contribution in [0.4, 0.5) is 19.3 Å². The van der Waals surface area contributed by atoms with Gasteiger partial charge in [-0.2, -0.15) is 0 Å². The van der Waals surface area contributed by atoms with Gasteiger partial charge in [0.05, 0.1) is 6.04 Å². The van der Waals surface area contributed by atoms with E-state index in [0.717, 1.165) is 28.4 Å². The molecule has 3 aliphatic heterocycles. The lowest BCUT2D eigenvalue weighted by Crippen LogP contribution is -2.43. The maximum atomic E-state index is 13.9. The molecule has 0 aromatic heterocycles. The second kappa shape index (κ2) is 5.25. The van der Waals surface area contributed by atoms with E-state index in [0.29, 0.717) is 13.0 Å². The van der Waals surface area contributed by atoms with Crippen LogP contribution in [0.3, 0.4) is 0 Å². The van der Waals surface area contributed by atoms with Crippen LogP contribution in [0.15, 0.2) is 18.2 Å². The molecule has 0 N–H and O–H groups in total. The van der Waals surface area contributed by atoms with Gasteiger partial charge in [-0.1, -0.05) is 6.07 Å². The number of nitrogens with zero attached hydrogens (tertiary/aromatic N) is 3. The van der Waals surface area contributed by atoms with Gasteiger partial charge >= 0.3 is 6.03 Å². The Labute approximate surface area is 136 Å². The van der Waals surface area contributed by atoms with E-state index in [1.54, 1.807) is 0 Å². The number of hydrogen-bond acceptors (Lipinski definition) is 3. The zero-order chi connectivity index (χ0) is 17.0. The molecule has 2 atom stereocenters. The van der Waals surface area contributed by atoms with E-state index in [2.05, 4.69) is 0 Å². The Kier molecular flexibility index (Phi) is 3.29. The van der Waals surface area contributed by atoms with Crippen molar-refractivity contribution in [2.24, 2.45) is 0 Å². The van der Waals surface area contributed by atoms with Gasteiger partial charge < -0.3 is 9.80 Å². The smallest absolute Gasteiger partial charge is 0.312 e. The SMILES string of the molecule is O=C1C[C@H](N2C(=O)[C@H]3CCCN3C2=O)CN1c1c(F)cccc1F. The predicted molar refractivity (Wildman–Crippen MR) is 79.1 cm³/mol. The minimum absolute atomic E-state index is 0.0886. The van der Waals surface area contributed by atoms with Crippen LogP contribution in [-0.4, -0.2) is 52.8 Å². The molecule has 0 aliphatic carbocycles. The molecule has 3 aliphatic rings. The third kappa shape index (κ3) is 2.02. The molecule has 8 heteroatoms. The minimum Gasteiger partial charge on any atom is -0.312 e. The van der Waals surface area contributed by atoms with Crippen LogP contribution in [0.25, 0.3) is 0 Å². The Morgan fingerprint density at radius 3 is 2.46 bits per heavy atom. The summed E-state index contributed by atoms with van der Waals surface area (Å²) in [7, 11) is 0. The molecular formula is C16H15F2N3O3. The largest absolute Gasteiger partial charge is 0.327 e. The molecule has 0 unspecified atom stereocenters. The summed E-state index contributed by atoms with van der Waals surface area (Å²) in [5.74, 6) is -2.50. The highest BCUT2D eigenvalue weighted by Crippen LogP contribution is 2.34. The zero-order valence-corrected chi connectivity index (χ0v) is 12.7. The number of imide groups is 1. The second-order valence-corrected chi connectivity index (χ2v) is 6.27. The van der Waals surface area contributed by atoms with Gasteiger partial charge in [-0.05, 0) is 25.0 Å². The number of rotatable bonds is 2. The van der Waals surface area contributed by atoms with E-state index < -0.39 is 41.3 Å². The number of para-hydroxylation sites is 1. The fourth-order valence-electron chi connectivity index (χ4n) is 3.81. The fraction of sp³-hybridized carbons (Fsp3) is 0.438. The van der Waals surface area contributed by atoms with Crippen molar-refractivity contribution in [3.63, 3.8) is 0 Å². The Morgan fingerprint density at radius 2 is 1.79 bits per heavy atom. The van der Waals surface area contributed by atoms with Crippen molar-refractivity contribution in [1.29, 1.82) is 0 Å². The van der Waals surface area contributed by atoms with Crippen LogP contribution in [-0.2, 0) is 9.59 Å². The summed E-state index contributed by atoms with van der Waals surface area (Å²) >= 11 is 0. The number of hydrogen-bond donors (Lipinski definition) is 0. The van der Waals surface area contributed by atoms with Crippen LogP contribution < -0.4 is 4.90 Å². The third-order valence-corrected chi connectivity index (χ3v) is 4.90. The summed E-state index contributed by atoms with van der Waals surface area (Å²) in [5.41, 5.74) is -0.426. The van der Waals surface area contributed by atoms with Crippen molar-refractivity contribution in [2.75, 3.05) is 18.0 Å². The summed E-state index contributed by atoms with van der Waals surface area (Å²) < 4.78 is 27.9. The molecule has 0 saturated carbocycles. The van der Waals surface area contributed by atoms with E-state index >= 15 is 0 Å². The van der Waals surface area contributed by atoms with Crippen LogP contribution in [0.5, 0.6) is 0 Å². The predicted octanol–water partition coefficient (Wildman–Crippen LogP) is 1.50. The molecule has 1 aromatic carbocycles. The number of benzene rings is 1. The molecule has 4 rings (SSSR count). The maximum Gasteiger partial charge on any atom is 0.327 e. The zero-order valence-electron chi connectivity index (χ0n) is 12.7. The lowest BCUT2D eigenvalue weighted by Gasteiger charge is -2.23. The fourth-order valence-corrected chi connectivity index (χ4v) is 3.81. The van der Waals surface area contributed by atoms with Crippen molar-refractivity contribution in [1.82, 2.24) is 9.80 Å². The Balaban J connectivity index is 1.61. The first-order valence-electron chi connectivity index (χ1n) is 7.87. The molecule has 126 valence electrons. The molecule has 3 fully saturated rings. The highest BCUT2D eigenvalue weighted by atomic mass is 19.1. The standard InChI is InChI=1S/C16H15F2N3O3/c17-10-3-1-4-11(18)14(10)20-8-9(7-13(20)22)21-15(23)12-5-2-6-19(12)16(21)24/h1,3-4,9,12H,2,5-8H2/t9-,12+/m0/s1. The van der Waals surface area contributed by atoms with Crippen LogP contribution in [0.2, 0.25) is 0 Å². The number of carbonyl (C=O) groups excluding carboxylic acids is 3. The topological polar surface area (TPSA) is 60.9 Å². The first-order valence-corrected chi connectivity index (χ1v) is 7.87. The molecule has 3 heterocycles. The minimum atomic E-state index is -0.844. The van der Waals surface area contributed by atoms with E-state index in [4.69, 9.17) is 0 Å². The average Bonchev–Trinajstić information content (AvgIpc) is 3.19. The van der Waals surface area contributed by atoms with Crippen molar-refractivity contribution in [3.8, 4) is 0 Å². The molecule has 4 amide bonds. The molecule has 0 bridgehead atoms. The maximum absolute atomic E-state index is 13.9. The molecule has 0 spiro atoms. The van der Waals surface area contributed by atoms with Crippen molar-refractivity contribution >= 4 is 23.5 Å². The van der Waals surface area contributed by atoms with Gasteiger partial charge in [-0.15, -0.1) is 0 Å². The van der Waals surface area contributed by atoms with Crippen LogP contribution in [0.1, 0.15) is 19.3 Å². The highest BCUT2D eigenvalue weighted by molar-refractivity contribution is 6.06. The summed E-state index contributed by atoms with van der Waals surface area (Å²) in [6.07, 6.45) is 1.28. The first-order chi connectivity index (χ1) is 11.5. The first kappa shape index (κ1) is 15.0. The number of anilines is 1. The van der Waals surface area contributed by atoms with Gasteiger partial charge in [-0.3, -0.25) is 14.5 Å². The molecule has 3 saturated heterocycles. The van der Waals surface area contributed by atoms with Crippen LogP contribution >= 0.6 is 0 Å². The van der Waals surface area contributed by atoms with Crippen molar-refractivity contribution in [2.45, 2.75) is 31.3 Å². The molecule has 0 radical (unpaired) electrons. The summed E-state index contributed by atoms with van der Waals surface area (Å²) in [6, 6.07) is 1.81. The number of urea groups is 1. The van der Waals surface area contributed by atoms with E-state index in [9.17, 15) is 23.2 Å². The Hall–Kier alpha value is -2.51.